The molecule has 1 heteroatoms. The molecular weight excluding hydrogens is 128 g/mol. The molecule has 0 aliphatic heterocycles. The predicted molar refractivity (Wildman–Crippen MR) is 52.5 cm³/mol. The summed E-state index contributed by atoms with van der Waals surface area (Å²) < 4.78 is 0. The number of rotatable bonds is 3. The zero-order chi connectivity index (χ0) is 5.70. The van der Waals surface area contributed by atoms with Crippen molar-refractivity contribution in [2.45, 2.75) is 34.6 Å². The number of hydrogen-bond donors (Lipinski definition) is 0. The van der Waals surface area contributed by atoms with Gasteiger partial charge in [-0.2, -0.15) is 0 Å². The van der Waals surface area contributed by atoms with Crippen LogP contribution >= 0.6 is 0 Å². The molecule has 0 fully saturated rings. The highest BCUT2D eigenvalue weighted by atomic mass is 32.2. The summed E-state index contributed by atoms with van der Waals surface area (Å²) in [7, 11) is 0.685. The molecule has 0 aromatic rings. The molecule has 0 aliphatic rings. The Balaban J connectivity index is -0.000000180. The van der Waals surface area contributed by atoms with Gasteiger partial charge in [0.2, 0.25) is 0 Å². The van der Waals surface area contributed by atoms with Crippen molar-refractivity contribution in [3.8, 4) is 0 Å². The molecule has 60 valence electrons. The molecule has 0 saturated carbocycles. The van der Waals surface area contributed by atoms with Crippen molar-refractivity contribution >= 4 is 10.9 Å². The molecule has 0 N–H and O–H groups in total. The second-order valence-corrected chi connectivity index (χ2v) is 4.42. The Morgan fingerprint density at radius 1 is 1.11 bits per heavy atom. The molecule has 0 spiro atoms. The van der Waals surface area contributed by atoms with Gasteiger partial charge in [0.25, 0.3) is 0 Å². The van der Waals surface area contributed by atoms with Crippen LogP contribution in [0.4, 0.5) is 0 Å². The van der Waals surface area contributed by atoms with E-state index in [0.717, 1.165) is 0 Å². The molecule has 0 bridgehead atoms. The Bertz CT molecular complexity index is 33.5. The summed E-state index contributed by atoms with van der Waals surface area (Å²) in [5.74, 6) is 1.43. The molecule has 0 aromatic heterocycles. The van der Waals surface area contributed by atoms with Crippen molar-refractivity contribution in [2.75, 3.05) is 18.3 Å². The molecule has 0 atom stereocenters. The van der Waals surface area contributed by atoms with Gasteiger partial charge in [-0.15, -0.1) is 0 Å². The summed E-state index contributed by atoms with van der Waals surface area (Å²) in [6.45, 7) is 2.24. The van der Waals surface area contributed by atoms with E-state index in [-0.39, 0.29) is 14.9 Å². The Labute approximate surface area is 64.4 Å². The van der Waals surface area contributed by atoms with Gasteiger partial charge in [-0.3, -0.25) is 0 Å². The lowest BCUT2D eigenvalue weighted by molar-refractivity contribution is 0.894. The van der Waals surface area contributed by atoms with Crippen LogP contribution in [0, 0.1) is 0 Å². The quantitative estimate of drug-likeness (QED) is 0.544. The molecule has 9 heavy (non-hydrogen) atoms. The van der Waals surface area contributed by atoms with Gasteiger partial charge in [-0.05, 0) is 17.3 Å². The molecule has 0 aliphatic carbocycles. The molecule has 0 rings (SSSR count). The molecule has 0 radical (unpaired) electrons. The third-order valence-electron chi connectivity index (χ3n) is 0.906. The maximum atomic E-state index is 2.30. The highest BCUT2D eigenvalue weighted by Crippen LogP contribution is 1.91. The third-order valence-corrected chi connectivity index (χ3v) is 2.01. The van der Waals surface area contributed by atoms with E-state index in [9.17, 15) is 0 Å². The van der Waals surface area contributed by atoms with Crippen molar-refractivity contribution < 1.29 is 0 Å². The van der Waals surface area contributed by atoms with Gasteiger partial charge < -0.3 is 0 Å². The Kier molecular flexibility index (Phi) is 20.1. The number of unbranched alkanes of at least 4 members (excludes halogenated alkanes) is 1. The fourth-order valence-corrected chi connectivity index (χ4v) is 1.30. The van der Waals surface area contributed by atoms with E-state index >= 15 is 0 Å². The predicted octanol–water partition coefficient (Wildman–Crippen LogP) is 2.94. The van der Waals surface area contributed by atoms with Gasteiger partial charge in [-0.1, -0.05) is 28.2 Å². The Hall–Kier alpha value is 0.350. The lowest BCUT2D eigenvalue weighted by Crippen LogP contribution is -1.99. The minimum atomic E-state index is 0. The van der Waals surface area contributed by atoms with Gasteiger partial charge >= 0.3 is 0 Å². The molecule has 0 nitrogen and oxygen atoms in total. The largest absolute Gasteiger partial charge is 0.107 e. The number of hydrogen-bond acceptors (Lipinski definition) is 0. The molecule has 0 amide bonds. The fraction of sp³-hybridized carbons (Fsp3) is 1.00. The van der Waals surface area contributed by atoms with Crippen LogP contribution in [0.5, 0.6) is 0 Å². The zero-order valence-corrected chi connectivity index (χ0v) is 6.35. The second-order valence-electron chi connectivity index (χ2n) is 2.04. The van der Waals surface area contributed by atoms with E-state index in [2.05, 4.69) is 19.4 Å². The summed E-state index contributed by atoms with van der Waals surface area (Å²) >= 11 is 0. The molecule has 0 unspecified atom stereocenters. The minimum Gasteiger partial charge on any atom is -0.0776 e. The first-order valence-corrected chi connectivity index (χ1v) is 5.02. The lowest BCUT2D eigenvalue weighted by Gasteiger charge is -1.90. The smallest absolute Gasteiger partial charge is 0.0776 e. The van der Waals surface area contributed by atoms with E-state index in [1.165, 1.54) is 18.6 Å². The van der Waals surface area contributed by atoms with Crippen LogP contribution < -0.4 is 0 Å². The van der Waals surface area contributed by atoms with Crippen molar-refractivity contribution in [3.63, 3.8) is 0 Å². The monoisotopic (exact) mass is 151 g/mol. The third kappa shape index (κ3) is 17.8. The van der Waals surface area contributed by atoms with Gasteiger partial charge in [0.1, 0.15) is 5.75 Å². The SMILES string of the molecule is C.C.CCCC[S+](C)C. The van der Waals surface area contributed by atoms with Crippen molar-refractivity contribution in [1.82, 2.24) is 0 Å². The van der Waals surface area contributed by atoms with Crippen molar-refractivity contribution in [2.24, 2.45) is 0 Å². The van der Waals surface area contributed by atoms with E-state index in [0.29, 0.717) is 10.9 Å². The average Bonchev–Trinajstić information content (AvgIpc) is 1.61. The Morgan fingerprint density at radius 2 is 1.56 bits per heavy atom. The van der Waals surface area contributed by atoms with Gasteiger partial charge in [0.15, 0.2) is 0 Å². The first-order chi connectivity index (χ1) is 3.27. The first kappa shape index (κ1) is 16.2. The van der Waals surface area contributed by atoms with Crippen LogP contribution in [0.3, 0.4) is 0 Å². The van der Waals surface area contributed by atoms with Crippen LogP contribution in [-0.2, 0) is 10.9 Å². The van der Waals surface area contributed by atoms with Crippen LogP contribution in [0.15, 0.2) is 0 Å². The van der Waals surface area contributed by atoms with Crippen LogP contribution in [-0.4, -0.2) is 18.3 Å². The Morgan fingerprint density at radius 3 is 1.67 bits per heavy atom. The lowest BCUT2D eigenvalue weighted by atomic mass is 10.4. The first-order valence-electron chi connectivity index (χ1n) is 2.81. The van der Waals surface area contributed by atoms with E-state index in [1.54, 1.807) is 0 Å². The topological polar surface area (TPSA) is 0 Å². The van der Waals surface area contributed by atoms with Gasteiger partial charge in [0, 0.05) is 0 Å². The summed E-state index contributed by atoms with van der Waals surface area (Å²) in [5, 5.41) is 0. The van der Waals surface area contributed by atoms with E-state index in [4.69, 9.17) is 0 Å². The van der Waals surface area contributed by atoms with Gasteiger partial charge in [-0.25, -0.2) is 0 Å². The van der Waals surface area contributed by atoms with Crippen molar-refractivity contribution in [3.05, 3.63) is 0 Å². The molecule has 0 saturated heterocycles. The van der Waals surface area contributed by atoms with Crippen LogP contribution in [0.1, 0.15) is 34.6 Å². The maximum absolute atomic E-state index is 2.30. The standard InChI is InChI=1S/C6H15S.2CH4/c1-4-5-6-7(2)3;;/h4-6H2,1-3H3;2*1H4/q+1;;. The molecule has 0 heterocycles. The summed E-state index contributed by atoms with van der Waals surface area (Å²) in [5.41, 5.74) is 0. The average molecular weight is 151 g/mol. The summed E-state index contributed by atoms with van der Waals surface area (Å²) in [6.07, 6.45) is 7.37. The highest BCUT2D eigenvalue weighted by molar-refractivity contribution is 7.95. The normalized spacial score (nSPS) is 8.00. The van der Waals surface area contributed by atoms with Crippen LogP contribution in [0.25, 0.3) is 0 Å². The van der Waals surface area contributed by atoms with E-state index < -0.39 is 0 Å². The fourth-order valence-electron chi connectivity index (χ4n) is 0.433. The molecule has 0 aromatic carbocycles. The molecular formula is C8H23S+. The summed E-state index contributed by atoms with van der Waals surface area (Å²) in [4.78, 5) is 0. The second kappa shape index (κ2) is 11.2. The minimum absolute atomic E-state index is 0. The van der Waals surface area contributed by atoms with Crippen molar-refractivity contribution in [1.29, 1.82) is 0 Å². The van der Waals surface area contributed by atoms with Gasteiger partial charge in [0.05, 0.1) is 12.5 Å². The maximum Gasteiger partial charge on any atom is 0.107 e. The van der Waals surface area contributed by atoms with Crippen LogP contribution in [0.2, 0.25) is 0 Å². The summed E-state index contributed by atoms with van der Waals surface area (Å²) in [6, 6.07) is 0. The zero-order valence-electron chi connectivity index (χ0n) is 5.53. The highest BCUT2D eigenvalue weighted by Gasteiger charge is 1.97. The van der Waals surface area contributed by atoms with E-state index in [1.807, 2.05) is 0 Å².